The highest BCUT2D eigenvalue weighted by molar-refractivity contribution is 6.14. The summed E-state index contributed by atoms with van der Waals surface area (Å²) in [6.45, 7) is 8.62. The molecule has 0 radical (unpaired) electrons. The van der Waals surface area contributed by atoms with Crippen molar-refractivity contribution >= 4 is 49.3 Å². The highest BCUT2D eigenvalue weighted by Gasteiger charge is 2.24. The van der Waals surface area contributed by atoms with E-state index in [1.165, 1.54) is 0 Å². The van der Waals surface area contributed by atoms with Gasteiger partial charge in [-0.3, -0.25) is 24.5 Å². The molecule has 410 valence electrons. The Hall–Kier alpha value is -12.2. The van der Waals surface area contributed by atoms with Crippen LogP contribution in [0.1, 0.15) is 0 Å². The zero-order valence-corrected chi connectivity index (χ0v) is 47.4. The lowest BCUT2D eigenvalue weighted by molar-refractivity contribution is 1.06. The van der Waals surface area contributed by atoms with Crippen molar-refractivity contribution in [3.63, 3.8) is 0 Å². The van der Waals surface area contributed by atoms with Crippen molar-refractivity contribution < 1.29 is 0 Å². The molecule has 0 bridgehead atoms. The summed E-state index contributed by atoms with van der Waals surface area (Å²) >= 11 is 0. The van der Waals surface area contributed by atoms with E-state index < -0.39 is 0 Å². The first-order valence-electron chi connectivity index (χ1n) is 29.3. The van der Waals surface area contributed by atoms with E-state index in [0.717, 1.165) is 150 Å². The summed E-state index contributed by atoms with van der Waals surface area (Å²) in [4.78, 5) is 29.5. The molecule has 0 unspecified atom stereocenters. The summed E-state index contributed by atoms with van der Waals surface area (Å²) in [6, 6.07) is 95.1. The lowest BCUT2D eigenvalue weighted by Gasteiger charge is -2.18. The molecule has 0 aliphatic rings. The van der Waals surface area contributed by atoms with Gasteiger partial charge in [0.2, 0.25) is 0 Å². The largest absolute Gasteiger partial charge is 0.307 e. The van der Waals surface area contributed by atoms with Gasteiger partial charge in [-0.1, -0.05) is 194 Å². The van der Waals surface area contributed by atoms with Gasteiger partial charge in [0.25, 0.3) is 0 Å². The Balaban J connectivity index is 0.941. The molecular formula is C80H50N8. The van der Waals surface area contributed by atoms with Crippen LogP contribution in [0, 0.1) is 6.57 Å². The van der Waals surface area contributed by atoms with E-state index in [1.807, 2.05) is 97.7 Å². The van der Waals surface area contributed by atoms with E-state index >= 15 is 0 Å². The van der Waals surface area contributed by atoms with Gasteiger partial charge in [0, 0.05) is 96.4 Å². The standard InChI is InChI=1S/C80H50N8/c1-81-70-33-15-14-28-64(70)69-50-76(88-73-40-36-58(62-31-18-44-84-79(62)54-24-10-4-11-25-54)48-67(73)68-49-59(37-41-74(68)88)63-32-19-45-85-80(63)55-26-12-5-13-27-55)86-51-75(69)87-71-38-34-56(60-29-16-42-82-77(60)52-20-6-2-7-21-52)46-65(71)66-47-57(35-39-72(66)87)61-30-17-43-83-78(61)53-22-8-3-9-23-53/h2-51H. The van der Waals surface area contributed by atoms with Gasteiger partial charge in [0.05, 0.1) is 63.3 Å². The third kappa shape index (κ3) is 8.89. The normalized spacial score (nSPS) is 11.4. The molecule has 0 atom stereocenters. The lowest BCUT2D eigenvalue weighted by atomic mass is 9.96. The van der Waals surface area contributed by atoms with Crippen molar-refractivity contribution in [2.45, 2.75) is 0 Å². The highest BCUT2D eigenvalue weighted by atomic mass is 15.1. The topological polar surface area (TPSA) is 78.7 Å². The van der Waals surface area contributed by atoms with Crippen molar-refractivity contribution in [3.8, 4) is 112 Å². The fourth-order valence-electron chi connectivity index (χ4n) is 12.8. The van der Waals surface area contributed by atoms with E-state index in [4.69, 9.17) is 31.5 Å². The summed E-state index contributed by atoms with van der Waals surface area (Å²) in [5, 5.41) is 4.22. The van der Waals surface area contributed by atoms with E-state index in [9.17, 15) is 0 Å². The number of pyridine rings is 5. The Kier molecular flexibility index (Phi) is 12.7. The van der Waals surface area contributed by atoms with Gasteiger partial charge in [0.1, 0.15) is 5.82 Å². The third-order valence-electron chi connectivity index (χ3n) is 16.8. The first-order chi connectivity index (χ1) is 43.6. The molecule has 0 aliphatic carbocycles. The average molecular weight is 1120 g/mol. The predicted octanol–water partition coefficient (Wildman–Crippen LogP) is 20.4. The molecule has 16 rings (SSSR count). The first-order valence-corrected chi connectivity index (χ1v) is 29.3. The van der Waals surface area contributed by atoms with Crippen LogP contribution in [0.2, 0.25) is 0 Å². The number of hydrogen-bond acceptors (Lipinski definition) is 5. The molecule has 0 aliphatic heterocycles. The van der Waals surface area contributed by atoms with Gasteiger partial charge in [-0.2, -0.15) is 0 Å². The van der Waals surface area contributed by atoms with E-state index in [-0.39, 0.29) is 0 Å². The maximum Gasteiger partial charge on any atom is 0.194 e. The Morgan fingerprint density at radius 1 is 0.261 bits per heavy atom. The molecule has 0 N–H and O–H groups in total. The van der Waals surface area contributed by atoms with E-state index in [2.05, 4.69) is 220 Å². The van der Waals surface area contributed by atoms with Gasteiger partial charge >= 0.3 is 0 Å². The minimum Gasteiger partial charge on any atom is -0.307 e. The van der Waals surface area contributed by atoms with Crippen LogP contribution in [-0.2, 0) is 0 Å². The van der Waals surface area contributed by atoms with Crippen LogP contribution in [0.4, 0.5) is 5.69 Å². The average Bonchev–Trinajstić information content (AvgIpc) is 1.74. The maximum absolute atomic E-state index is 8.62. The molecule has 16 aromatic rings. The summed E-state index contributed by atoms with van der Waals surface area (Å²) in [5.74, 6) is 0.706. The van der Waals surface area contributed by atoms with Crippen molar-refractivity contribution in [2.24, 2.45) is 0 Å². The fraction of sp³-hybridized carbons (Fsp3) is 0. The van der Waals surface area contributed by atoms with Crippen LogP contribution in [-0.4, -0.2) is 34.1 Å². The summed E-state index contributed by atoms with van der Waals surface area (Å²) in [6.07, 6.45) is 9.45. The molecule has 7 aromatic heterocycles. The second-order valence-corrected chi connectivity index (χ2v) is 21.8. The quantitative estimate of drug-likeness (QED) is 0.121. The lowest BCUT2D eigenvalue weighted by Crippen LogP contribution is -2.03. The maximum atomic E-state index is 8.62. The molecule has 0 spiro atoms. The number of nitrogens with zero attached hydrogens (tertiary/aromatic N) is 8. The molecule has 88 heavy (non-hydrogen) atoms. The molecular weight excluding hydrogens is 1070 g/mol. The van der Waals surface area contributed by atoms with Crippen LogP contribution in [0.25, 0.3) is 161 Å². The minimum absolute atomic E-state index is 0.536. The Labute approximate surface area is 508 Å². The first kappa shape index (κ1) is 51.5. The van der Waals surface area contributed by atoms with Crippen LogP contribution in [0.5, 0.6) is 0 Å². The Bertz CT molecular complexity index is 5110. The number of benzene rings is 9. The Morgan fingerprint density at radius 3 is 0.932 bits per heavy atom. The summed E-state index contributed by atoms with van der Waals surface area (Å²) < 4.78 is 4.60. The van der Waals surface area contributed by atoms with Crippen LogP contribution < -0.4 is 0 Å². The second-order valence-electron chi connectivity index (χ2n) is 21.8. The Morgan fingerprint density at radius 2 is 0.580 bits per heavy atom. The van der Waals surface area contributed by atoms with Gasteiger partial charge in [-0.15, -0.1) is 0 Å². The number of para-hydroxylation sites is 1. The minimum atomic E-state index is 0.536. The molecule has 8 heteroatoms. The number of rotatable bonds is 11. The van der Waals surface area contributed by atoms with Crippen LogP contribution >= 0.6 is 0 Å². The summed E-state index contributed by atoms with van der Waals surface area (Å²) in [5.41, 5.74) is 23.1. The van der Waals surface area contributed by atoms with E-state index in [0.29, 0.717) is 11.5 Å². The molecule has 0 amide bonds. The zero-order chi connectivity index (χ0) is 58.5. The molecule has 8 nitrogen and oxygen atoms in total. The third-order valence-corrected chi connectivity index (χ3v) is 16.8. The number of fused-ring (bicyclic) bond motifs is 6. The molecule has 0 fully saturated rings. The zero-order valence-electron chi connectivity index (χ0n) is 47.4. The molecule has 0 saturated heterocycles. The van der Waals surface area contributed by atoms with Crippen molar-refractivity contribution in [2.75, 3.05) is 0 Å². The number of hydrogen-bond donors (Lipinski definition) is 0. The van der Waals surface area contributed by atoms with Gasteiger partial charge in [0.15, 0.2) is 5.69 Å². The van der Waals surface area contributed by atoms with Gasteiger partial charge in [-0.05, 0) is 107 Å². The molecule has 9 aromatic carbocycles. The van der Waals surface area contributed by atoms with Gasteiger partial charge < -0.3 is 4.57 Å². The predicted molar refractivity (Wildman–Crippen MR) is 359 cm³/mol. The smallest absolute Gasteiger partial charge is 0.194 e. The fourth-order valence-corrected chi connectivity index (χ4v) is 12.8. The SMILES string of the molecule is [C-]#[N+]c1ccccc1-c1cc(-n2c3ccc(-c4cccnc4-c4ccccc4)cc3c3cc(-c4cccnc4-c4ccccc4)ccc32)ncc1-n1c2ccc(-c3cccnc3-c3ccccc3)cc2c2cc(-c3cccnc3-c3ccccc3)ccc21. The summed E-state index contributed by atoms with van der Waals surface area (Å²) in [7, 11) is 0. The monoisotopic (exact) mass is 1120 g/mol. The molecule has 7 heterocycles. The van der Waals surface area contributed by atoms with Crippen LogP contribution in [0.15, 0.2) is 304 Å². The van der Waals surface area contributed by atoms with Crippen LogP contribution in [0.3, 0.4) is 0 Å². The number of aromatic nitrogens is 7. The highest BCUT2D eigenvalue weighted by Crippen LogP contribution is 2.46. The van der Waals surface area contributed by atoms with Crippen molar-refractivity contribution in [1.29, 1.82) is 0 Å². The van der Waals surface area contributed by atoms with Crippen molar-refractivity contribution in [1.82, 2.24) is 34.1 Å². The van der Waals surface area contributed by atoms with Gasteiger partial charge in [-0.25, -0.2) is 9.83 Å². The molecule has 0 saturated carbocycles. The van der Waals surface area contributed by atoms with E-state index in [1.54, 1.807) is 0 Å². The van der Waals surface area contributed by atoms with Crippen molar-refractivity contribution in [3.05, 3.63) is 315 Å². The second kappa shape index (κ2) is 21.8.